The summed E-state index contributed by atoms with van der Waals surface area (Å²) in [5, 5.41) is 11.6. The van der Waals surface area contributed by atoms with Crippen LogP contribution in [0.3, 0.4) is 0 Å². The number of nitro benzene ring substituents is 1. The lowest BCUT2D eigenvalue weighted by atomic mass is 9.98. The first kappa shape index (κ1) is 24.8. The molecule has 4 aromatic carbocycles. The van der Waals surface area contributed by atoms with Gasteiger partial charge < -0.3 is 14.5 Å². The Bertz CT molecular complexity index is 1460. The first-order chi connectivity index (χ1) is 18.5. The molecule has 0 aliphatic carbocycles. The van der Waals surface area contributed by atoms with Gasteiger partial charge in [-0.2, -0.15) is 0 Å². The Labute approximate surface area is 221 Å². The predicted octanol–water partition coefficient (Wildman–Crippen LogP) is 6.52. The van der Waals surface area contributed by atoms with Crippen LogP contribution < -0.4 is 9.64 Å². The quantitative estimate of drug-likeness (QED) is 0.147. The lowest BCUT2D eigenvalue weighted by Gasteiger charge is -2.46. The molecule has 0 aromatic heterocycles. The molecule has 0 N–H and O–H groups in total. The zero-order valence-electron chi connectivity index (χ0n) is 20.8. The van der Waals surface area contributed by atoms with E-state index in [9.17, 15) is 14.9 Å². The first-order valence-electron chi connectivity index (χ1n) is 12.3. The van der Waals surface area contributed by atoms with Crippen LogP contribution in [0.1, 0.15) is 33.2 Å². The number of ether oxygens (including phenoxy) is 1. The van der Waals surface area contributed by atoms with Crippen molar-refractivity contribution in [2.24, 2.45) is 0 Å². The highest BCUT2D eigenvalue weighted by molar-refractivity contribution is 6.02. The monoisotopic (exact) mass is 505 g/mol. The van der Waals surface area contributed by atoms with Gasteiger partial charge in [-0.1, -0.05) is 85.5 Å². The van der Waals surface area contributed by atoms with Gasteiger partial charge in [0, 0.05) is 25.2 Å². The molecule has 1 aliphatic heterocycles. The van der Waals surface area contributed by atoms with E-state index in [-0.39, 0.29) is 11.6 Å². The largest absolute Gasteiger partial charge is 0.490 e. The Morgan fingerprint density at radius 3 is 2.13 bits per heavy atom. The van der Waals surface area contributed by atoms with E-state index in [2.05, 4.69) is 11.5 Å². The Morgan fingerprint density at radius 1 is 0.842 bits per heavy atom. The minimum atomic E-state index is -0.482. The molecule has 4 aromatic rings. The highest BCUT2D eigenvalue weighted by atomic mass is 16.6. The molecule has 5 rings (SSSR count). The maximum absolute atomic E-state index is 14.1. The van der Waals surface area contributed by atoms with Crippen molar-refractivity contribution in [3.63, 3.8) is 0 Å². The summed E-state index contributed by atoms with van der Waals surface area (Å²) in [6.07, 6.45) is 1.20. The Hall–Kier alpha value is -4.91. The van der Waals surface area contributed by atoms with Crippen LogP contribution in [0, 0.1) is 10.1 Å². The minimum absolute atomic E-state index is 0.116. The van der Waals surface area contributed by atoms with Crippen molar-refractivity contribution < 1.29 is 14.5 Å². The smallest absolute Gasteiger partial charge is 0.270 e. The number of fused-ring (bicyclic) bond motifs is 1. The van der Waals surface area contributed by atoms with Crippen LogP contribution in [0.5, 0.6) is 5.75 Å². The number of carbonyl (C=O) groups is 1. The van der Waals surface area contributed by atoms with Gasteiger partial charge >= 0.3 is 0 Å². The van der Waals surface area contributed by atoms with E-state index >= 15 is 0 Å². The molecule has 0 saturated heterocycles. The van der Waals surface area contributed by atoms with Gasteiger partial charge in [-0.15, -0.1) is 0 Å². The molecule has 0 unspecified atom stereocenters. The summed E-state index contributed by atoms with van der Waals surface area (Å²) in [5.41, 5.74) is 3.72. The average molecular weight is 506 g/mol. The van der Waals surface area contributed by atoms with Crippen molar-refractivity contribution >= 4 is 17.3 Å². The van der Waals surface area contributed by atoms with Gasteiger partial charge in [-0.05, 0) is 34.9 Å². The van der Waals surface area contributed by atoms with Gasteiger partial charge in [0.1, 0.15) is 18.5 Å². The molecule has 1 atom stereocenters. The number of carbonyl (C=O) groups excluding carboxylic acids is 1. The number of non-ortho nitro benzene ring substituents is 1. The zero-order chi connectivity index (χ0) is 26.5. The molecule has 190 valence electrons. The third kappa shape index (κ3) is 5.13. The van der Waals surface area contributed by atoms with Crippen molar-refractivity contribution in [1.82, 2.24) is 4.90 Å². The number of amides is 1. The molecule has 0 fully saturated rings. The summed E-state index contributed by atoms with van der Waals surface area (Å²) < 4.78 is 5.82. The van der Waals surface area contributed by atoms with Crippen molar-refractivity contribution in [3.8, 4) is 5.75 Å². The lowest BCUT2D eigenvalue weighted by Crippen LogP contribution is -2.48. The fourth-order valence-electron chi connectivity index (χ4n) is 4.80. The van der Waals surface area contributed by atoms with E-state index in [0.29, 0.717) is 36.7 Å². The van der Waals surface area contributed by atoms with Crippen molar-refractivity contribution in [1.29, 1.82) is 0 Å². The van der Waals surface area contributed by atoms with Gasteiger partial charge in [0.25, 0.3) is 11.6 Å². The van der Waals surface area contributed by atoms with E-state index in [1.54, 1.807) is 17.0 Å². The number of hydrogen-bond acceptors (Lipinski definition) is 5. The van der Waals surface area contributed by atoms with E-state index in [0.717, 1.165) is 16.7 Å². The SMILES string of the molecule is C=CCOc1cccc([C@H]2N(Cc3ccccc3)C(=O)c3cc([N+](=O)[O-])ccc3N2Cc2ccccc2)c1. The number of hydrogen-bond donors (Lipinski definition) is 0. The van der Waals surface area contributed by atoms with Crippen LogP contribution in [-0.4, -0.2) is 22.3 Å². The maximum atomic E-state index is 14.1. The number of nitrogens with zero attached hydrogens (tertiary/aromatic N) is 3. The van der Waals surface area contributed by atoms with E-state index in [1.165, 1.54) is 12.1 Å². The van der Waals surface area contributed by atoms with Crippen LogP contribution in [0.25, 0.3) is 0 Å². The van der Waals surface area contributed by atoms with Gasteiger partial charge in [0.15, 0.2) is 0 Å². The molecule has 0 spiro atoms. The molecule has 38 heavy (non-hydrogen) atoms. The van der Waals surface area contributed by atoms with Crippen LogP contribution in [0.4, 0.5) is 11.4 Å². The fourth-order valence-corrected chi connectivity index (χ4v) is 4.80. The highest BCUT2D eigenvalue weighted by Gasteiger charge is 2.39. The molecule has 0 bridgehead atoms. The van der Waals surface area contributed by atoms with Gasteiger partial charge in [0.05, 0.1) is 16.2 Å². The Kier molecular flexibility index (Phi) is 7.17. The second-order valence-electron chi connectivity index (χ2n) is 9.04. The highest BCUT2D eigenvalue weighted by Crippen LogP contribution is 2.42. The molecule has 7 heteroatoms. The normalized spacial score (nSPS) is 14.6. The van der Waals surface area contributed by atoms with Gasteiger partial charge in [-0.3, -0.25) is 14.9 Å². The molecule has 0 saturated carbocycles. The number of nitro groups is 1. The van der Waals surface area contributed by atoms with Crippen LogP contribution in [0.15, 0.2) is 116 Å². The van der Waals surface area contributed by atoms with Gasteiger partial charge in [0.2, 0.25) is 0 Å². The third-order valence-electron chi connectivity index (χ3n) is 6.50. The minimum Gasteiger partial charge on any atom is -0.490 e. The fraction of sp³-hybridized carbons (Fsp3) is 0.129. The van der Waals surface area contributed by atoms with Crippen LogP contribution in [-0.2, 0) is 13.1 Å². The molecule has 1 aliphatic rings. The molecular formula is C31H27N3O4. The molecule has 0 radical (unpaired) electrons. The summed E-state index contributed by atoms with van der Waals surface area (Å²) in [4.78, 5) is 29.1. The van der Waals surface area contributed by atoms with Crippen molar-refractivity contribution in [2.75, 3.05) is 11.5 Å². The Morgan fingerprint density at radius 2 is 1.50 bits per heavy atom. The van der Waals surface area contributed by atoms with Gasteiger partial charge in [-0.25, -0.2) is 0 Å². The standard InChI is InChI=1S/C31H27N3O4/c1-2-18-38-27-15-9-14-25(19-27)30-32(21-23-10-5-3-6-11-23)29-17-16-26(34(36)37)20-28(29)31(35)33(30)22-24-12-7-4-8-13-24/h2-17,19-20,30H,1,18,21-22H2/t30-/m1/s1. The zero-order valence-corrected chi connectivity index (χ0v) is 20.8. The summed E-state index contributed by atoms with van der Waals surface area (Å²) >= 11 is 0. The molecular weight excluding hydrogens is 478 g/mol. The second kappa shape index (κ2) is 11.0. The second-order valence-corrected chi connectivity index (χ2v) is 9.04. The summed E-state index contributed by atoms with van der Waals surface area (Å²) in [6, 6.07) is 31.9. The van der Waals surface area contributed by atoms with Crippen LogP contribution in [0.2, 0.25) is 0 Å². The molecule has 1 amide bonds. The molecule has 7 nitrogen and oxygen atoms in total. The maximum Gasteiger partial charge on any atom is 0.270 e. The topological polar surface area (TPSA) is 75.9 Å². The van der Waals surface area contributed by atoms with E-state index in [1.807, 2.05) is 84.9 Å². The Balaban J connectivity index is 1.68. The average Bonchev–Trinajstić information content (AvgIpc) is 2.95. The third-order valence-corrected chi connectivity index (χ3v) is 6.50. The molecule has 1 heterocycles. The van der Waals surface area contributed by atoms with E-state index < -0.39 is 11.1 Å². The summed E-state index contributed by atoms with van der Waals surface area (Å²) in [6.45, 7) is 4.91. The summed E-state index contributed by atoms with van der Waals surface area (Å²) in [7, 11) is 0. The summed E-state index contributed by atoms with van der Waals surface area (Å²) in [5.74, 6) is 0.406. The van der Waals surface area contributed by atoms with Crippen molar-refractivity contribution in [2.45, 2.75) is 19.3 Å². The number of benzene rings is 4. The number of rotatable bonds is 9. The van der Waals surface area contributed by atoms with Crippen LogP contribution >= 0.6 is 0 Å². The van der Waals surface area contributed by atoms with E-state index in [4.69, 9.17) is 4.74 Å². The number of anilines is 1. The van der Waals surface area contributed by atoms with Crippen molar-refractivity contribution in [3.05, 3.63) is 148 Å². The first-order valence-corrected chi connectivity index (χ1v) is 12.3. The lowest BCUT2D eigenvalue weighted by molar-refractivity contribution is -0.384. The predicted molar refractivity (Wildman–Crippen MR) is 147 cm³/mol.